The van der Waals surface area contributed by atoms with Gasteiger partial charge in [-0.05, 0) is 62.0 Å². The Morgan fingerprint density at radius 3 is 2.73 bits per heavy atom. The van der Waals surface area contributed by atoms with Crippen molar-refractivity contribution in [1.82, 2.24) is 10.2 Å². The number of hydrogen-bond acceptors (Lipinski definition) is 2. The predicted octanol–water partition coefficient (Wildman–Crippen LogP) is 7.07. The van der Waals surface area contributed by atoms with Crippen molar-refractivity contribution in [3.8, 4) is 0 Å². The molecule has 3 atom stereocenters. The molecule has 3 unspecified atom stereocenters. The van der Waals surface area contributed by atoms with E-state index in [0.29, 0.717) is 12.0 Å². The van der Waals surface area contributed by atoms with Crippen LogP contribution >= 0.6 is 0 Å². The summed E-state index contributed by atoms with van der Waals surface area (Å²) in [4.78, 5) is 2.61. The smallest absolute Gasteiger partial charge is 0.0412 e. The average molecular weight is 439 g/mol. The summed E-state index contributed by atoms with van der Waals surface area (Å²) in [5, 5.41) is 3.76. The lowest BCUT2D eigenvalue weighted by Crippen LogP contribution is -2.29. The zero-order valence-corrected chi connectivity index (χ0v) is 20.0. The van der Waals surface area contributed by atoms with Gasteiger partial charge in [0.25, 0.3) is 0 Å². The summed E-state index contributed by atoms with van der Waals surface area (Å²) in [5.41, 5.74) is 7.38. The van der Waals surface area contributed by atoms with E-state index in [-0.39, 0.29) is 0 Å². The molecule has 2 heteroatoms. The summed E-state index contributed by atoms with van der Waals surface area (Å²) in [6.45, 7) is 4.29. The summed E-state index contributed by atoms with van der Waals surface area (Å²) in [7, 11) is 0. The Kier molecular flexibility index (Phi) is 7.12. The van der Waals surface area contributed by atoms with Crippen LogP contribution in [0.3, 0.4) is 0 Å². The largest absolute Gasteiger partial charge is 0.340 e. The number of nitrogens with zero attached hydrogens (tertiary/aromatic N) is 1. The fourth-order valence-electron chi connectivity index (χ4n) is 5.88. The fourth-order valence-corrected chi connectivity index (χ4v) is 5.88. The van der Waals surface area contributed by atoms with E-state index in [9.17, 15) is 0 Å². The minimum absolute atomic E-state index is 0.433. The molecule has 1 N–H and O–H groups in total. The number of nitrogens with one attached hydrogen (secondary N) is 1. The Hall–Kier alpha value is -2.58. The zero-order chi connectivity index (χ0) is 22.5. The van der Waals surface area contributed by atoms with Crippen LogP contribution in [0, 0.1) is 11.8 Å². The summed E-state index contributed by atoms with van der Waals surface area (Å²) in [6, 6.07) is 0.441. The van der Waals surface area contributed by atoms with Crippen molar-refractivity contribution < 1.29 is 0 Å². The van der Waals surface area contributed by atoms with Crippen molar-refractivity contribution in [3.63, 3.8) is 0 Å². The lowest BCUT2D eigenvalue weighted by Gasteiger charge is -2.33. The van der Waals surface area contributed by atoms with E-state index in [1.165, 1.54) is 53.8 Å². The van der Waals surface area contributed by atoms with Gasteiger partial charge in [-0.1, -0.05) is 91.5 Å². The first-order valence-electron chi connectivity index (χ1n) is 13.0. The number of hydrogen-bond donors (Lipinski definition) is 1. The number of fused-ring (bicyclic) bond motifs is 2. The topological polar surface area (TPSA) is 15.3 Å². The van der Waals surface area contributed by atoms with Crippen LogP contribution in [0.2, 0.25) is 0 Å². The highest BCUT2D eigenvalue weighted by molar-refractivity contribution is 5.46. The SMILES string of the molecule is CC1/C=C(CC2C/C=C\C=C/CC2)\C=C/CN(C2=C3C=CC=CCC3NC2)C2=CCCC=C21. The fraction of sp³-hybridized carbons (Fsp3) is 0.419. The van der Waals surface area contributed by atoms with E-state index in [1.807, 2.05) is 0 Å². The maximum absolute atomic E-state index is 3.76. The zero-order valence-electron chi connectivity index (χ0n) is 20.0. The maximum atomic E-state index is 3.76. The molecule has 0 spiro atoms. The second-order valence-corrected chi connectivity index (χ2v) is 9.97. The van der Waals surface area contributed by atoms with E-state index in [0.717, 1.165) is 38.3 Å². The second kappa shape index (κ2) is 10.6. The molecule has 3 aliphatic carbocycles. The van der Waals surface area contributed by atoms with Gasteiger partial charge < -0.3 is 10.2 Å². The normalized spacial score (nSPS) is 34.2. The van der Waals surface area contributed by atoms with Crippen molar-refractivity contribution in [3.05, 3.63) is 107 Å². The molecular weight excluding hydrogens is 400 g/mol. The Labute approximate surface area is 200 Å². The molecule has 2 nitrogen and oxygen atoms in total. The first-order chi connectivity index (χ1) is 16.3. The first kappa shape index (κ1) is 22.2. The highest BCUT2D eigenvalue weighted by Gasteiger charge is 2.30. The van der Waals surface area contributed by atoms with Crippen molar-refractivity contribution in [1.29, 1.82) is 0 Å². The summed E-state index contributed by atoms with van der Waals surface area (Å²) >= 11 is 0. The van der Waals surface area contributed by atoms with Gasteiger partial charge in [0.15, 0.2) is 0 Å². The van der Waals surface area contributed by atoms with Gasteiger partial charge in [0.1, 0.15) is 0 Å². The number of allylic oxidation sites excluding steroid dienone is 12. The van der Waals surface area contributed by atoms with Gasteiger partial charge in [0.05, 0.1) is 0 Å². The first-order valence-corrected chi connectivity index (χ1v) is 13.0. The van der Waals surface area contributed by atoms with E-state index in [2.05, 4.69) is 96.1 Å². The highest BCUT2D eigenvalue weighted by Crippen LogP contribution is 2.37. The standard InChI is InChI=1S/C31H38N2/c1-24-21-26(22-25-13-6-3-2-4-7-14-25)15-12-20-33(30-19-11-10-16-27(24)30)31-23-32-29-18-9-5-8-17-28(29)31/h2-6,8-9,12,15-17,19,21,24-25,29,32H,7,10-11,13-14,18,20,22-23H2,1H3/b4-2-,6-3-,15-12-,26-21+. The molecule has 0 saturated carbocycles. The van der Waals surface area contributed by atoms with Gasteiger partial charge in [-0.2, -0.15) is 0 Å². The lowest BCUT2D eigenvalue weighted by molar-refractivity contribution is 0.457. The van der Waals surface area contributed by atoms with Crippen LogP contribution in [0.5, 0.6) is 0 Å². The third-order valence-corrected chi connectivity index (χ3v) is 7.59. The molecule has 172 valence electrons. The maximum Gasteiger partial charge on any atom is 0.0412 e. The van der Waals surface area contributed by atoms with Gasteiger partial charge in [0.2, 0.25) is 0 Å². The molecule has 0 aromatic carbocycles. The van der Waals surface area contributed by atoms with Gasteiger partial charge in [-0.15, -0.1) is 0 Å². The summed E-state index contributed by atoms with van der Waals surface area (Å²) in [5.74, 6) is 1.16. The molecule has 0 radical (unpaired) electrons. The highest BCUT2D eigenvalue weighted by atomic mass is 15.2. The molecule has 0 aromatic heterocycles. The third kappa shape index (κ3) is 5.17. The van der Waals surface area contributed by atoms with E-state index >= 15 is 0 Å². The van der Waals surface area contributed by atoms with Crippen LogP contribution in [0.25, 0.3) is 0 Å². The average Bonchev–Trinajstić information content (AvgIpc) is 3.07. The number of rotatable bonds is 3. The van der Waals surface area contributed by atoms with Crippen LogP contribution in [-0.4, -0.2) is 24.0 Å². The van der Waals surface area contributed by atoms with Crippen LogP contribution < -0.4 is 5.32 Å². The molecule has 0 aromatic rings. The van der Waals surface area contributed by atoms with Gasteiger partial charge in [0, 0.05) is 36.4 Å². The molecule has 2 heterocycles. The van der Waals surface area contributed by atoms with Crippen molar-refractivity contribution >= 4 is 0 Å². The molecule has 5 aliphatic rings. The van der Waals surface area contributed by atoms with Crippen molar-refractivity contribution in [2.45, 2.75) is 57.9 Å². The minimum atomic E-state index is 0.433. The van der Waals surface area contributed by atoms with Gasteiger partial charge in [-0.25, -0.2) is 0 Å². The quantitative estimate of drug-likeness (QED) is 0.507. The minimum Gasteiger partial charge on any atom is -0.340 e. The molecule has 0 saturated heterocycles. The Balaban J connectivity index is 1.44. The Morgan fingerprint density at radius 2 is 1.76 bits per heavy atom. The molecule has 0 amide bonds. The lowest BCUT2D eigenvalue weighted by atomic mass is 9.86. The molecule has 2 aliphatic heterocycles. The van der Waals surface area contributed by atoms with Crippen LogP contribution in [-0.2, 0) is 0 Å². The van der Waals surface area contributed by atoms with Crippen molar-refractivity contribution in [2.24, 2.45) is 11.8 Å². The molecule has 0 fully saturated rings. The summed E-state index contributed by atoms with van der Waals surface area (Å²) in [6.07, 6.45) is 38.7. The van der Waals surface area contributed by atoms with E-state index in [4.69, 9.17) is 0 Å². The second-order valence-electron chi connectivity index (χ2n) is 9.97. The molecule has 5 rings (SSSR count). The monoisotopic (exact) mass is 438 g/mol. The predicted molar refractivity (Wildman–Crippen MR) is 140 cm³/mol. The molecular formula is C31H38N2. The third-order valence-electron chi connectivity index (χ3n) is 7.59. The Bertz CT molecular complexity index is 1010. The van der Waals surface area contributed by atoms with Crippen LogP contribution in [0.1, 0.15) is 51.9 Å². The van der Waals surface area contributed by atoms with Crippen molar-refractivity contribution in [2.75, 3.05) is 13.1 Å². The molecule has 0 bridgehead atoms. The van der Waals surface area contributed by atoms with Gasteiger partial charge >= 0.3 is 0 Å². The van der Waals surface area contributed by atoms with Gasteiger partial charge in [-0.3, -0.25) is 0 Å². The summed E-state index contributed by atoms with van der Waals surface area (Å²) < 4.78 is 0. The van der Waals surface area contributed by atoms with E-state index in [1.54, 1.807) is 0 Å². The van der Waals surface area contributed by atoms with Crippen LogP contribution in [0.4, 0.5) is 0 Å². The van der Waals surface area contributed by atoms with Crippen LogP contribution in [0.15, 0.2) is 107 Å². The van der Waals surface area contributed by atoms with E-state index < -0.39 is 0 Å². The molecule has 33 heavy (non-hydrogen) atoms. The Morgan fingerprint density at radius 1 is 0.909 bits per heavy atom.